The topological polar surface area (TPSA) is 54.9 Å². The van der Waals surface area contributed by atoms with Crippen LogP contribution in [0.3, 0.4) is 0 Å². The predicted octanol–water partition coefficient (Wildman–Crippen LogP) is 5.50. The van der Waals surface area contributed by atoms with Crippen LogP contribution in [0.1, 0.15) is 11.3 Å². The van der Waals surface area contributed by atoms with Crippen molar-refractivity contribution in [3.8, 4) is 11.1 Å². The van der Waals surface area contributed by atoms with E-state index in [1.807, 2.05) is 60.8 Å². The molecule has 4 nitrogen and oxygen atoms in total. The fourth-order valence-corrected chi connectivity index (χ4v) is 3.87. The second-order valence-corrected chi connectivity index (χ2v) is 7.47. The Kier molecular flexibility index (Phi) is 4.88. The Morgan fingerprint density at radius 2 is 2.00 bits per heavy atom. The van der Waals surface area contributed by atoms with E-state index in [4.69, 9.17) is 16.6 Å². The number of aromatic nitrogens is 2. The SMILES string of the molecule is Cc1nc2ccc(Cl)cc2c(-c2ccccc2)c1CC(=O)Nc1nccs1. The Morgan fingerprint density at radius 1 is 1.19 bits per heavy atom. The summed E-state index contributed by atoms with van der Waals surface area (Å²) in [6.45, 7) is 1.94. The zero-order valence-corrected chi connectivity index (χ0v) is 16.1. The summed E-state index contributed by atoms with van der Waals surface area (Å²) in [6.07, 6.45) is 1.88. The van der Waals surface area contributed by atoms with Gasteiger partial charge in [0.1, 0.15) is 0 Å². The average Bonchev–Trinajstić information content (AvgIpc) is 3.16. The molecule has 0 radical (unpaired) electrons. The second kappa shape index (κ2) is 7.47. The first-order valence-corrected chi connectivity index (χ1v) is 9.71. The number of pyridine rings is 1. The van der Waals surface area contributed by atoms with Gasteiger partial charge in [-0.1, -0.05) is 41.9 Å². The van der Waals surface area contributed by atoms with Crippen molar-refractivity contribution in [3.63, 3.8) is 0 Å². The van der Waals surface area contributed by atoms with Crippen molar-refractivity contribution in [1.82, 2.24) is 9.97 Å². The van der Waals surface area contributed by atoms with Gasteiger partial charge in [0.25, 0.3) is 0 Å². The highest BCUT2D eigenvalue weighted by Gasteiger charge is 2.18. The maximum absolute atomic E-state index is 12.6. The Morgan fingerprint density at radius 3 is 2.74 bits per heavy atom. The molecule has 0 aliphatic heterocycles. The van der Waals surface area contributed by atoms with Crippen LogP contribution in [0.2, 0.25) is 5.02 Å². The zero-order valence-electron chi connectivity index (χ0n) is 14.6. The average molecular weight is 394 g/mol. The van der Waals surface area contributed by atoms with Crippen LogP contribution >= 0.6 is 22.9 Å². The van der Waals surface area contributed by atoms with Crippen LogP contribution in [0.25, 0.3) is 22.0 Å². The van der Waals surface area contributed by atoms with E-state index < -0.39 is 0 Å². The number of nitrogens with one attached hydrogen (secondary N) is 1. The number of thiazole rings is 1. The third kappa shape index (κ3) is 3.70. The van der Waals surface area contributed by atoms with Crippen LogP contribution in [0.5, 0.6) is 0 Å². The van der Waals surface area contributed by atoms with Crippen LogP contribution in [-0.2, 0) is 11.2 Å². The van der Waals surface area contributed by atoms with Gasteiger partial charge >= 0.3 is 0 Å². The summed E-state index contributed by atoms with van der Waals surface area (Å²) < 4.78 is 0. The largest absolute Gasteiger partial charge is 0.302 e. The molecule has 4 aromatic rings. The Bertz CT molecular complexity index is 1110. The van der Waals surface area contributed by atoms with Crippen molar-refractivity contribution < 1.29 is 4.79 Å². The lowest BCUT2D eigenvalue weighted by molar-refractivity contribution is -0.115. The number of hydrogen-bond donors (Lipinski definition) is 1. The molecule has 0 atom stereocenters. The van der Waals surface area contributed by atoms with Crippen LogP contribution < -0.4 is 5.32 Å². The van der Waals surface area contributed by atoms with Gasteiger partial charge in [-0.15, -0.1) is 11.3 Å². The Hall–Kier alpha value is -2.76. The van der Waals surface area contributed by atoms with Gasteiger partial charge in [-0.3, -0.25) is 9.78 Å². The molecule has 0 saturated carbocycles. The maximum atomic E-state index is 12.6. The summed E-state index contributed by atoms with van der Waals surface area (Å²) in [4.78, 5) is 21.4. The minimum atomic E-state index is -0.117. The number of amides is 1. The van der Waals surface area contributed by atoms with Gasteiger partial charge < -0.3 is 5.32 Å². The fraction of sp³-hybridized carbons (Fsp3) is 0.0952. The van der Waals surface area contributed by atoms with Gasteiger partial charge in [0.15, 0.2) is 5.13 Å². The lowest BCUT2D eigenvalue weighted by Crippen LogP contribution is -2.16. The molecule has 4 rings (SSSR count). The molecule has 0 fully saturated rings. The number of aryl methyl sites for hydroxylation is 1. The Labute approximate surface area is 165 Å². The van der Waals surface area contributed by atoms with Crippen molar-refractivity contribution in [2.75, 3.05) is 5.32 Å². The molecule has 27 heavy (non-hydrogen) atoms. The molecule has 0 saturated heterocycles. The third-order valence-electron chi connectivity index (χ3n) is 4.33. The van der Waals surface area contributed by atoms with E-state index in [-0.39, 0.29) is 12.3 Å². The van der Waals surface area contributed by atoms with E-state index >= 15 is 0 Å². The number of carbonyl (C=O) groups excluding carboxylic acids is 1. The molecule has 2 aromatic carbocycles. The number of fused-ring (bicyclic) bond motifs is 1. The first kappa shape index (κ1) is 17.6. The molecule has 6 heteroatoms. The minimum Gasteiger partial charge on any atom is -0.302 e. The zero-order chi connectivity index (χ0) is 18.8. The number of benzene rings is 2. The molecule has 1 N–H and O–H groups in total. The summed E-state index contributed by atoms with van der Waals surface area (Å²) in [5.74, 6) is -0.117. The van der Waals surface area contributed by atoms with Gasteiger partial charge in [0.2, 0.25) is 5.91 Å². The molecular formula is C21H16ClN3OS. The van der Waals surface area contributed by atoms with Crippen molar-refractivity contribution in [2.24, 2.45) is 0 Å². The highest BCUT2D eigenvalue weighted by Crippen LogP contribution is 2.34. The van der Waals surface area contributed by atoms with E-state index in [0.29, 0.717) is 10.2 Å². The van der Waals surface area contributed by atoms with Crippen molar-refractivity contribution in [1.29, 1.82) is 0 Å². The molecule has 0 unspecified atom stereocenters. The smallest absolute Gasteiger partial charge is 0.230 e. The molecule has 0 spiro atoms. The number of hydrogen-bond acceptors (Lipinski definition) is 4. The van der Waals surface area contributed by atoms with Crippen LogP contribution in [0.4, 0.5) is 5.13 Å². The summed E-state index contributed by atoms with van der Waals surface area (Å²) in [5.41, 5.74) is 4.62. The minimum absolute atomic E-state index is 0.117. The summed E-state index contributed by atoms with van der Waals surface area (Å²) in [5, 5.41) is 6.86. The third-order valence-corrected chi connectivity index (χ3v) is 5.26. The van der Waals surface area contributed by atoms with Gasteiger partial charge in [0.05, 0.1) is 11.9 Å². The second-order valence-electron chi connectivity index (χ2n) is 6.14. The van der Waals surface area contributed by atoms with Gasteiger partial charge in [-0.25, -0.2) is 4.98 Å². The van der Waals surface area contributed by atoms with Gasteiger partial charge in [-0.2, -0.15) is 0 Å². The molecule has 0 aliphatic carbocycles. The first-order chi connectivity index (χ1) is 13.1. The monoisotopic (exact) mass is 393 g/mol. The van der Waals surface area contributed by atoms with E-state index in [2.05, 4.69) is 10.3 Å². The van der Waals surface area contributed by atoms with Crippen LogP contribution in [0, 0.1) is 6.92 Å². The van der Waals surface area contributed by atoms with Crippen molar-refractivity contribution >= 4 is 44.9 Å². The molecule has 2 aromatic heterocycles. The molecule has 134 valence electrons. The number of halogens is 1. The lowest BCUT2D eigenvalue weighted by Gasteiger charge is -2.16. The van der Waals surface area contributed by atoms with Gasteiger partial charge in [-0.05, 0) is 41.8 Å². The first-order valence-electron chi connectivity index (χ1n) is 8.45. The summed E-state index contributed by atoms with van der Waals surface area (Å²) in [7, 11) is 0. The summed E-state index contributed by atoms with van der Waals surface area (Å²) in [6, 6.07) is 15.7. The summed E-state index contributed by atoms with van der Waals surface area (Å²) >= 11 is 7.65. The van der Waals surface area contributed by atoms with E-state index in [0.717, 1.165) is 33.3 Å². The molecule has 0 bridgehead atoms. The van der Waals surface area contributed by atoms with E-state index in [1.54, 1.807) is 6.20 Å². The number of anilines is 1. The fourth-order valence-electron chi connectivity index (χ4n) is 3.16. The van der Waals surface area contributed by atoms with Crippen molar-refractivity contribution in [2.45, 2.75) is 13.3 Å². The highest BCUT2D eigenvalue weighted by atomic mass is 35.5. The number of rotatable bonds is 4. The number of nitrogens with zero attached hydrogens (tertiary/aromatic N) is 2. The van der Waals surface area contributed by atoms with Crippen LogP contribution in [0.15, 0.2) is 60.1 Å². The number of carbonyl (C=O) groups is 1. The Balaban J connectivity index is 1.85. The molecule has 1 amide bonds. The lowest BCUT2D eigenvalue weighted by atomic mass is 9.92. The van der Waals surface area contributed by atoms with E-state index in [9.17, 15) is 4.79 Å². The normalized spacial score (nSPS) is 10.9. The quantitative estimate of drug-likeness (QED) is 0.498. The van der Waals surface area contributed by atoms with E-state index in [1.165, 1.54) is 11.3 Å². The molecule has 2 heterocycles. The van der Waals surface area contributed by atoms with Gasteiger partial charge in [0, 0.05) is 27.7 Å². The standard InChI is InChI=1S/C21H16ClN3OS/c1-13-16(12-19(26)25-21-23-9-10-27-21)20(14-5-3-2-4-6-14)17-11-15(22)7-8-18(17)24-13/h2-11H,12H2,1H3,(H,23,25,26). The molecule has 0 aliphatic rings. The highest BCUT2D eigenvalue weighted by molar-refractivity contribution is 7.13. The molecular weight excluding hydrogens is 378 g/mol. The maximum Gasteiger partial charge on any atom is 0.230 e. The van der Waals surface area contributed by atoms with Crippen LogP contribution in [-0.4, -0.2) is 15.9 Å². The van der Waals surface area contributed by atoms with Crippen molar-refractivity contribution in [3.05, 3.63) is 76.4 Å². The predicted molar refractivity (Wildman–Crippen MR) is 111 cm³/mol.